The first kappa shape index (κ1) is 52.1. The highest BCUT2D eigenvalue weighted by Gasteiger charge is 2.35. The average molecular weight is 876 g/mol. The number of esters is 2. The quantitative estimate of drug-likeness (QED) is 0.0413. The first-order valence-corrected chi connectivity index (χ1v) is 22.8. The maximum Gasteiger partial charge on any atom is 0.324 e. The molecule has 1 amide bonds. The van der Waals surface area contributed by atoms with Crippen molar-refractivity contribution in [1.82, 2.24) is 5.48 Å². The van der Waals surface area contributed by atoms with Gasteiger partial charge in [0.1, 0.15) is 28.0 Å². The number of amides is 1. The Balaban J connectivity index is 0.000000436. The molecule has 0 fully saturated rings. The molecule has 58 heavy (non-hydrogen) atoms. The van der Waals surface area contributed by atoms with Crippen molar-refractivity contribution in [3.8, 4) is 0 Å². The lowest BCUT2D eigenvalue weighted by Crippen LogP contribution is -2.38. The SMILES string of the molecule is CCCCC(C(=O)NO)S(=O)(=O)c1ccc(F)c(C)c1.CCCCC(C(=O)OC)S(=O)(=O)c1ccc(F)c(C)c1.CCCCC(Sc1ccc(F)c(C)c1)C(=O)OC. The zero-order chi connectivity index (χ0) is 44.2. The summed E-state index contributed by atoms with van der Waals surface area (Å²) in [5, 5.41) is 5.86. The molecule has 0 saturated carbocycles. The summed E-state index contributed by atoms with van der Waals surface area (Å²) >= 11 is 1.44. The Bertz CT molecular complexity index is 1920. The minimum absolute atomic E-state index is 0.0529. The fourth-order valence-corrected chi connectivity index (χ4v) is 10.0. The number of ether oxygens (including phenoxy) is 2. The van der Waals surface area contributed by atoms with Crippen LogP contribution in [0.1, 0.15) is 95.2 Å². The number of carbonyl (C=O) groups is 3. The number of nitrogens with one attached hydrogen (secondary N) is 1. The van der Waals surface area contributed by atoms with Crippen molar-refractivity contribution < 1.29 is 59.1 Å². The third-order valence-corrected chi connectivity index (χ3v) is 14.3. The molecular formula is C41H56F3NO10S3. The smallest absolute Gasteiger partial charge is 0.324 e. The summed E-state index contributed by atoms with van der Waals surface area (Å²) in [4.78, 5) is 35.7. The van der Waals surface area contributed by atoms with Gasteiger partial charge in [-0.2, -0.15) is 0 Å². The van der Waals surface area contributed by atoms with Crippen molar-refractivity contribution in [2.45, 2.75) is 130 Å². The second kappa shape index (κ2) is 25.5. The molecule has 0 radical (unpaired) electrons. The second-order valence-corrected chi connectivity index (χ2v) is 18.9. The molecule has 2 N–H and O–H groups in total. The van der Waals surface area contributed by atoms with E-state index in [-0.39, 0.29) is 50.8 Å². The second-order valence-electron chi connectivity index (χ2n) is 13.4. The lowest BCUT2D eigenvalue weighted by atomic mass is 10.2. The minimum Gasteiger partial charge on any atom is -0.468 e. The largest absolute Gasteiger partial charge is 0.468 e. The van der Waals surface area contributed by atoms with E-state index in [2.05, 4.69) is 11.7 Å². The summed E-state index contributed by atoms with van der Waals surface area (Å²) in [6, 6.07) is 11.8. The highest BCUT2D eigenvalue weighted by molar-refractivity contribution is 8.00. The van der Waals surface area contributed by atoms with Gasteiger partial charge in [0, 0.05) is 4.90 Å². The fraction of sp³-hybridized carbons (Fsp3) is 0.488. The normalized spacial score (nSPS) is 12.8. The molecule has 3 aromatic carbocycles. The number of hydrogen-bond acceptors (Lipinski definition) is 11. The molecule has 0 aliphatic heterocycles. The zero-order valence-electron chi connectivity index (χ0n) is 34.3. The Kier molecular flexibility index (Phi) is 22.9. The van der Waals surface area contributed by atoms with Gasteiger partial charge in [-0.05, 0) is 111 Å². The van der Waals surface area contributed by atoms with Gasteiger partial charge < -0.3 is 9.47 Å². The molecule has 0 aliphatic rings. The monoisotopic (exact) mass is 875 g/mol. The molecule has 0 bridgehead atoms. The summed E-state index contributed by atoms with van der Waals surface area (Å²) in [5.74, 6) is -3.17. The number of rotatable bonds is 18. The van der Waals surface area contributed by atoms with Crippen LogP contribution in [-0.2, 0) is 43.5 Å². The Labute approximate surface area is 345 Å². The average Bonchev–Trinajstić information content (AvgIpc) is 3.19. The number of carbonyl (C=O) groups excluding carboxylic acids is 3. The lowest BCUT2D eigenvalue weighted by Gasteiger charge is -2.16. The van der Waals surface area contributed by atoms with E-state index in [4.69, 9.17) is 9.94 Å². The number of benzene rings is 3. The molecule has 3 atom stereocenters. The van der Waals surface area contributed by atoms with Gasteiger partial charge in [-0.1, -0.05) is 59.3 Å². The summed E-state index contributed by atoms with van der Waals surface area (Å²) in [7, 11) is -5.27. The van der Waals surface area contributed by atoms with Gasteiger partial charge in [0.25, 0.3) is 5.91 Å². The van der Waals surface area contributed by atoms with Gasteiger partial charge in [-0.15, -0.1) is 11.8 Å². The predicted molar refractivity (Wildman–Crippen MR) is 218 cm³/mol. The summed E-state index contributed by atoms with van der Waals surface area (Å²) in [6.45, 7) is 10.5. The maximum absolute atomic E-state index is 13.2. The number of unbranched alkanes of at least 4 members (excludes halogenated alkanes) is 3. The van der Waals surface area contributed by atoms with Gasteiger partial charge in [-0.25, -0.2) is 35.5 Å². The molecule has 324 valence electrons. The predicted octanol–water partition coefficient (Wildman–Crippen LogP) is 8.57. The highest BCUT2D eigenvalue weighted by atomic mass is 32.2. The number of hydroxylamine groups is 1. The van der Waals surface area contributed by atoms with Gasteiger partial charge in [0.2, 0.25) is 0 Å². The van der Waals surface area contributed by atoms with Crippen LogP contribution >= 0.6 is 11.8 Å². The van der Waals surface area contributed by atoms with Crippen molar-refractivity contribution in [2.75, 3.05) is 14.2 Å². The molecule has 0 aliphatic carbocycles. The molecule has 11 nitrogen and oxygen atoms in total. The number of hydrogen-bond donors (Lipinski definition) is 2. The molecule has 0 saturated heterocycles. The van der Waals surface area contributed by atoms with Crippen molar-refractivity contribution in [1.29, 1.82) is 0 Å². The number of aryl methyl sites for hydroxylation is 3. The Hall–Kier alpha value is -3.93. The van der Waals surface area contributed by atoms with Crippen LogP contribution in [0.25, 0.3) is 0 Å². The van der Waals surface area contributed by atoms with Gasteiger partial charge in [0.05, 0.1) is 24.0 Å². The third kappa shape index (κ3) is 15.7. The van der Waals surface area contributed by atoms with Gasteiger partial charge >= 0.3 is 11.9 Å². The van der Waals surface area contributed by atoms with E-state index in [1.807, 2.05) is 13.8 Å². The lowest BCUT2D eigenvalue weighted by molar-refractivity contribution is -0.141. The van der Waals surface area contributed by atoms with Crippen LogP contribution in [0.4, 0.5) is 13.2 Å². The Morgan fingerprint density at radius 2 is 1.03 bits per heavy atom. The third-order valence-electron chi connectivity index (χ3n) is 8.86. The van der Waals surface area contributed by atoms with Crippen molar-refractivity contribution in [3.05, 3.63) is 88.7 Å². The van der Waals surface area contributed by atoms with Crippen molar-refractivity contribution in [2.24, 2.45) is 0 Å². The van der Waals surface area contributed by atoms with Gasteiger partial charge in [0.15, 0.2) is 24.9 Å². The first-order valence-electron chi connectivity index (χ1n) is 18.8. The summed E-state index contributed by atoms with van der Waals surface area (Å²) < 4.78 is 98.7. The van der Waals surface area contributed by atoms with Crippen LogP contribution in [0.15, 0.2) is 69.3 Å². The van der Waals surface area contributed by atoms with E-state index in [1.165, 1.54) is 62.5 Å². The summed E-state index contributed by atoms with van der Waals surface area (Å²) in [5.41, 5.74) is 2.39. The van der Waals surface area contributed by atoms with Crippen LogP contribution in [0.3, 0.4) is 0 Å². The number of sulfone groups is 2. The molecule has 3 unspecified atom stereocenters. The molecule has 0 spiro atoms. The first-order chi connectivity index (χ1) is 27.3. The molecule has 0 heterocycles. The van der Waals surface area contributed by atoms with Crippen LogP contribution in [0, 0.1) is 38.2 Å². The van der Waals surface area contributed by atoms with Crippen molar-refractivity contribution in [3.63, 3.8) is 0 Å². The van der Waals surface area contributed by atoms with E-state index in [1.54, 1.807) is 19.1 Å². The topological polar surface area (TPSA) is 170 Å². The van der Waals surface area contributed by atoms with Crippen molar-refractivity contribution >= 4 is 49.3 Å². The zero-order valence-corrected chi connectivity index (χ0v) is 36.7. The Morgan fingerprint density at radius 3 is 1.43 bits per heavy atom. The summed E-state index contributed by atoms with van der Waals surface area (Å²) in [6.07, 6.45) is 5.70. The van der Waals surface area contributed by atoms with Crippen LogP contribution < -0.4 is 5.48 Å². The maximum atomic E-state index is 13.2. The van der Waals surface area contributed by atoms with E-state index < -0.39 is 53.7 Å². The Morgan fingerprint density at radius 1 is 0.638 bits per heavy atom. The number of methoxy groups -OCH3 is 2. The van der Waals surface area contributed by atoms with E-state index in [0.29, 0.717) is 24.8 Å². The molecular weight excluding hydrogens is 820 g/mol. The highest BCUT2D eigenvalue weighted by Crippen LogP contribution is 2.29. The van der Waals surface area contributed by atoms with Crippen LogP contribution in [-0.4, -0.2) is 69.9 Å². The molecule has 17 heteroatoms. The minimum atomic E-state index is -3.96. The van der Waals surface area contributed by atoms with E-state index in [9.17, 15) is 44.4 Å². The van der Waals surface area contributed by atoms with Crippen LogP contribution in [0.5, 0.6) is 0 Å². The molecule has 0 aromatic heterocycles. The standard InChI is InChI=1S/C14H19FO4S.C14H19FO2S.C13H18FNO4S/c1-4-5-6-13(14(16)19-3)20(17,18)11-7-8-12(15)10(2)9-11;1-4-5-6-13(14(16)17-3)18-11-7-8-12(15)10(2)9-11;1-3-4-5-12(13(16)15-17)20(18,19)10-6-7-11(14)9(2)8-10/h7-9,13H,4-6H2,1-3H3;7-9,13H,4-6H2,1-3H3;6-8,12,17H,3-5H2,1-2H3,(H,15,16). The fourth-order valence-electron chi connectivity index (χ4n) is 5.33. The number of halogens is 3. The van der Waals surface area contributed by atoms with Gasteiger partial charge in [-0.3, -0.25) is 19.6 Å². The molecule has 3 aromatic rings. The van der Waals surface area contributed by atoms with E-state index >= 15 is 0 Å². The van der Waals surface area contributed by atoms with E-state index in [0.717, 1.165) is 55.9 Å². The molecule has 3 rings (SSSR count). The number of thioether (sulfide) groups is 1. The van der Waals surface area contributed by atoms with Crippen LogP contribution in [0.2, 0.25) is 0 Å².